The molecule has 4 bridgehead atoms. The molecule has 2 aromatic carbocycles. The molecule has 0 radical (unpaired) electrons. The summed E-state index contributed by atoms with van der Waals surface area (Å²) in [6.07, 6.45) is 8.97. The molecule has 4 fully saturated rings. The maximum atomic E-state index is 12.6. The van der Waals surface area contributed by atoms with Gasteiger partial charge in [0.15, 0.2) is 0 Å². The van der Waals surface area contributed by atoms with E-state index in [2.05, 4.69) is 29.6 Å². The van der Waals surface area contributed by atoms with Crippen LogP contribution in [0.15, 0.2) is 48.5 Å². The first-order valence-corrected chi connectivity index (χ1v) is 14.6. The molecular formula is C30H35NO4S. The van der Waals surface area contributed by atoms with Crippen molar-refractivity contribution in [3.63, 3.8) is 0 Å². The first-order chi connectivity index (χ1) is 17.5. The average molecular weight is 506 g/mol. The predicted molar refractivity (Wildman–Crippen MR) is 142 cm³/mol. The minimum atomic E-state index is -1.01. The maximum absolute atomic E-state index is 12.6. The van der Waals surface area contributed by atoms with Crippen molar-refractivity contribution in [2.45, 2.75) is 56.9 Å². The molecule has 0 heterocycles. The molecular weight excluding hydrogens is 470 g/mol. The topological polar surface area (TPSA) is 75.6 Å². The Bertz CT molecular complexity index is 1070. The lowest BCUT2D eigenvalue weighted by atomic mass is 9.49. The van der Waals surface area contributed by atoms with Gasteiger partial charge in [0.2, 0.25) is 0 Å². The summed E-state index contributed by atoms with van der Waals surface area (Å²) in [6.45, 7) is 0.186. The zero-order valence-electron chi connectivity index (χ0n) is 20.7. The molecule has 6 heteroatoms. The zero-order valence-corrected chi connectivity index (χ0v) is 21.5. The number of carboxylic acids is 1. The predicted octanol–water partition coefficient (Wildman–Crippen LogP) is 6.32. The molecule has 1 atom stereocenters. The lowest BCUT2D eigenvalue weighted by Gasteiger charge is -2.57. The van der Waals surface area contributed by atoms with E-state index in [1.54, 1.807) is 11.8 Å². The maximum Gasteiger partial charge on any atom is 0.407 e. The van der Waals surface area contributed by atoms with Crippen LogP contribution in [0.2, 0.25) is 0 Å². The fraction of sp³-hybridized carbons (Fsp3) is 0.533. The van der Waals surface area contributed by atoms with Crippen LogP contribution in [0.25, 0.3) is 11.1 Å². The number of carbonyl (C=O) groups excluding carboxylic acids is 1. The summed E-state index contributed by atoms with van der Waals surface area (Å²) >= 11 is 1.65. The zero-order chi connectivity index (χ0) is 24.7. The van der Waals surface area contributed by atoms with Gasteiger partial charge in [0.05, 0.1) is 0 Å². The smallest absolute Gasteiger partial charge is 0.407 e. The molecule has 0 aromatic heterocycles. The summed E-state index contributed by atoms with van der Waals surface area (Å²) in [5.74, 6) is 3.08. The van der Waals surface area contributed by atoms with Crippen LogP contribution in [0.4, 0.5) is 4.79 Å². The molecule has 5 nitrogen and oxygen atoms in total. The van der Waals surface area contributed by atoms with Gasteiger partial charge in [-0.3, -0.25) is 0 Å². The molecule has 2 N–H and O–H groups in total. The van der Waals surface area contributed by atoms with Gasteiger partial charge in [-0.25, -0.2) is 9.59 Å². The number of nitrogens with one attached hydrogen (secondary N) is 1. The van der Waals surface area contributed by atoms with E-state index in [0.717, 1.165) is 34.6 Å². The Labute approximate surface area is 217 Å². The van der Waals surface area contributed by atoms with Gasteiger partial charge in [-0.2, -0.15) is 11.8 Å². The van der Waals surface area contributed by atoms with Crippen LogP contribution in [0, 0.1) is 23.2 Å². The number of fused-ring (bicyclic) bond motifs is 3. The lowest BCUT2D eigenvalue weighted by molar-refractivity contribution is -0.138. The van der Waals surface area contributed by atoms with Crippen LogP contribution in [-0.2, 0) is 9.53 Å². The second-order valence-corrected chi connectivity index (χ2v) is 12.8. The molecule has 1 unspecified atom stereocenters. The molecule has 0 saturated heterocycles. The van der Waals surface area contributed by atoms with Gasteiger partial charge >= 0.3 is 12.1 Å². The first-order valence-electron chi connectivity index (χ1n) is 13.4. The number of hydrogen-bond donors (Lipinski definition) is 2. The van der Waals surface area contributed by atoms with Gasteiger partial charge in [0, 0.05) is 11.7 Å². The normalized spacial score (nSPS) is 28.4. The van der Waals surface area contributed by atoms with Crippen molar-refractivity contribution in [2.75, 3.05) is 18.1 Å². The molecule has 36 heavy (non-hydrogen) atoms. The van der Waals surface area contributed by atoms with Crippen LogP contribution in [-0.4, -0.2) is 41.3 Å². The summed E-state index contributed by atoms with van der Waals surface area (Å²) < 4.78 is 5.57. The van der Waals surface area contributed by atoms with Crippen molar-refractivity contribution >= 4 is 23.8 Å². The molecule has 0 spiro atoms. The molecule has 5 aliphatic carbocycles. The Morgan fingerprint density at radius 1 is 0.944 bits per heavy atom. The van der Waals surface area contributed by atoms with E-state index in [1.807, 2.05) is 24.3 Å². The van der Waals surface area contributed by atoms with Gasteiger partial charge in [-0.15, -0.1) is 0 Å². The van der Waals surface area contributed by atoms with E-state index in [1.165, 1.54) is 56.1 Å². The molecule has 190 valence electrons. The minimum Gasteiger partial charge on any atom is -0.480 e. The highest BCUT2D eigenvalue weighted by atomic mass is 32.2. The third-order valence-corrected chi connectivity index (χ3v) is 10.2. The lowest BCUT2D eigenvalue weighted by Crippen LogP contribution is -2.46. The molecule has 2 aromatic rings. The minimum absolute atomic E-state index is 0.0407. The monoisotopic (exact) mass is 505 g/mol. The van der Waals surface area contributed by atoms with E-state index >= 15 is 0 Å². The highest BCUT2D eigenvalue weighted by Crippen LogP contribution is 2.61. The van der Waals surface area contributed by atoms with Crippen molar-refractivity contribution in [1.29, 1.82) is 0 Å². The number of benzene rings is 2. The Morgan fingerprint density at radius 3 is 2.06 bits per heavy atom. The fourth-order valence-corrected chi connectivity index (χ4v) is 9.25. The van der Waals surface area contributed by atoms with Crippen LogP contribution in [0.5, 0.6) is 0 Å². The van der Waals surface area contributed by atoms with Crippen LogP contribution in [0.3, 0.4) is 0 Å². The average Bonchev–Trinajstić information content (AvgIpc) is 3.17. The van der Waals surface area contributed by atoms with Gasteiger partial charge in [0.1, 0.15) is 12.6 Å². The van der Waals surface area contributed by atoms with Gasteiger partial charge < -0.3 is 15.2 Å². The summed E-state index contributed by atoms with van der Waals surface area (Å²) in [5, 5.41) is 12.3. The van der Waals surface area contributed by atoms with Crippen molar-refractivity contribution < 1.29 is 19.4 Å². The van der Waals surface area contributed by atoms with E-state index in [0.29, 0.717) is 11.2 Å². The SMILES string of the molecule is O=C(NC(CSCCC12CC3CC(CC(C3)C1)C2)C(=O)O)OCC1c2ccccc2-c2ccccc21. The van der Waals surface area contributed by atoms with Gasteiger partial charge in [-0.05, 0) is 96.1 Å². The number of hydrogen-bond acceptors (Lipinski definition) is 4. The van der Waals surface area contributed by atoms with Crippen molar-refractivity contribution in [3.8, 4) is 11.1 Å². The molecule has 0 aliphatic heterocycles. The van der Waals surface area contributed by atoms with Gasteiger partial charge in [0.25, 0.3) is 0 Å². The molecule has 4 saturated carbocycles. The summed E-state index contributed by atoms with van der Waals surface area (Å²) in [4.78, 5) is 24.4. The summed E-state index contributed by atoms with van der Waals surface area (Å²) in [5.41, 5.74) is 5.12. The van der Waals surface area contributed by atoms with Crippen molar-refractivity contribution in [2.24, 2.45) is 23.2 Å². The van der Waals surface area contributed by atoms with Crippen molar-refractivity contribution in [3.05, 3.63) is 59.7 Å². The molecule has 5 aliphatic rings. The van der Waals surface area contributed by atoms with Crippen LogP contribution in [0.1, 0.15) is 62.0 Å². The number of alkyl carbamates (subject to hydrolysis) is 1. The Balaban J connectivity index is 1.000. The number of aliphatic carboxylic acids is 1. The third kappa shape index (κ3) is 4.65. The number of amides is 1. The second-order valence-electron chi connectivity index (χ2n) is 11.6. The van der Waals surface area contributed by atoms with E-state index in [4.69, 9.17) is 4.74 Å². The second kappa shape index (κ2) is 9.77. The largest absolute Gasteiger partial charge is 0.480 e. The number of carboxylic acid groups (broad SMARTS) is 1. The number of thioether (sulfide) groups is 1. The van der Waals surface area contributed by atoms with Crippen molar-refractivity contribution in [1.82, 2.24) is 5.32 Å². The number of carbonyl (C=O) groups is 2. The van der Waals surface area contributed by atoms with E-state index < -0.39 is 18.1 Å². The quantitative estimate of drug-likeness (QED) is 0.390. The summed E-state index contributed by atoms with van der Waals surface area (Å²) in [6, 6.07) is 15.4. The third-order valence-electron chi connectivity index (χ3n) is 9.16. The number of rotatable bonds is 9. The van der Waals surface area contributed by atoms with Crippen LogP contribution >= 0.6 is 11.8 Å². The fourth-order valence-electron chi connectivity index (χ4n) is 8.04. The highest BCUT2D eigenvalue weighted by Gasteiger charge is 2.50. The molecule has 7 rings (SSSR count). The Hall–Kier alpha value is -2.47. The Morgan fingerprint density at radius 2 is 1.50 bits per heavy atom. The van der Waals surface area contributed by atoms with E-state index in [9.17, 15) is 14.7 Å². The van der Waals surface area contributed by atoms with E-state index in [-0.39, 0.29) is 12.5 Å². The number of ether oxygens (including phenoxy) is 1. The highest BCUT2D eigenvalue weighted by molar-refractivity contribution is 7.99. The van der Waals surface area contributed by atoms with Crippen LogP contribution < -0.4 is 5.32 Å². The van der Waals surface area contributed by atoms with Gasteiger partial charge in [-0.1, -0.05) is 48.5 Å². The first kappa shape index (κ1) is 23.9. The summed E-state index contributed by atoms with van der Waals surface area (Å²) in [7, 11) is 0. The standard InChI is InChI=1S/C30H35NO4S/c32-28(33)27(18-36-10-9-30-14-19-11-20(15-30)13-21(12-19)16-30)31-29(34)35-17-26-24-7-3-1-5-22(24)23-6-2-4-8-25(23)26/h1-8,19-21,26-27H,9-18H2,(H,31,34)(H,32,33). The Kier molecular flexibility index (Phi) is 6.49. The molecule has 1 amide bonds.